The molecule has 0 aliphatic rings. The van der Waals surface area contributed by atoms with Crippen LogP contribution in [0.1, 0.15) is 204 Å². The molecule has 0 aromatic rings. The number of nitrogens with one attached hydrogen (secondary N) is 2. The molecule has 0 aliphatic carbocycles. The number of hydrogen-bond acceptors (Lipinski definition) is 3. The number of nitrogens with zero attached hydrogens (tertiary/aromatic N) is 1. The van der Waals surface area contributed by atoms with Crippen LogP contribution in [0.3, 0.4) is 0 Å². The van der Waals surface area contributed by atoms with Gasteiger partial charge < -0.3 is 15.5 Å². The highest BCUT2D eigenvalue weighted by molar-refractivity contribution is 4.82. The summed E-state index contributed by atoms with van der Waals surface area (Å²) in [4.78, 5) is 2.90. The molecule has 0 heterocycles. The zero-order valence-electron chi connectivity index (χ0n) is 33.0. The SMILES string of the molecule is CCCCCCN(CCC(NCC(CC)CCCC)C(CC)CCCC)CCC(NCC(CC)CCCC)C(CC)CCCC. The average molecular weight is 636 g/mol. The molecule has 0 amide bonds. The predicted octanol–water partition coefficient (Wildman–Crippen LogP) is 12.4. The van der Waals surface area contributed by atoms with E-state index in [1.54, 1.807) is 0 Å². The van der Waals surface area contributed by atoms with E-state index in [0.717, 1.165) is 23.7 Å². The van der Waals surface area contributed by atoms with Gasteiger partial charge in [0.25, 0.3) is 0 Å². The highest BCUT2D eigenvalue weighted by Gasteiger charge is 2.24. The number of hydrogen-bond donors (Lipinski definition) is 2. The lowest BCUT2D eigenvalue weighted by molar-refractivity contribution is 0.195. The molecular formula is C42H89N3. The summed E-state index contributed by atoms with van der Waals surface area (Å²) in [5.41, 5.74) is 0. The Labute approximate surface area is 287 Å². The van der Waals surface area contributed by atoms with Crippen molar-refractivity contribution in [2.24, 2.45) is 23.7 Å². The molecule has 0 aliphatic heterocycles. The molecule has 6 atom stereocenters. The lowest BCUT2D eigenvalue weighted by atomic mass is 9.87. The normalized spacial score (nSPS) is 16.1. The lowest BCUT2D eigenvalue weighted by Crippen LogP contribution is -2.44. The maximum absolute atomic E-state index is 4.20. The summed E-state index contributed by atoms with van der Waals surface area (Å²) < 4.78 is 0. The Balaban J connectivity index is 5.70. The molecule has 0 aromatic heterocycles. The minimum absolute atomic E-state index is 0.668. The van der Waals surface area contributed by atoms with E-state index in [2.05, 4.69) is 77.8 Å². The van der Waals surface area contributed by atoms with Crippen LogP contribution in [0.4, 0.5) is 0 Å². The molecule has 0 fully saturated rings. The van der Waals surface area contributed by atoms with Crippen LogP contribution in [-0.2, 0) is 0 Å². The van der Waals surface area contributed by atoms with Gasteiger partial charge in [0.05, 0.1) is 0 Å². The Kier molecular flexibility index (Phi) is 32.3. The molecule has 0 aromatic carbocycles. The maximum atomic E-state index is 4.20. The summed E-state index contributed by atoms with van der Waals surface area (Å²) in [7, 11) is 0. The largest absolute Gasteiger partial charge is 0.313 e. The second kappa shape index (κ2) is 32.4. The van der Waals surface area contributed by atoms with Crippen molar-refractivity contribution in [1.82, 2.24) is 15.5 Å². The molecular weight excluding hydrogens is 546 g/mol. The van der Waals surface area contributed by atoms with Gasteiger partial charge in [-0.05, 0) is 101 Å². The fraction of sp³-hybridized carbons (Fsp3) is 1.00. The van der Waals surface area contributed by atoms with Gasteiger partial charge in [-0.15, -0.1) is 0 Å². The highest BCUT2D eigenvalue weighted by atomic mass is 15.1. The van der Waals surface area contributed by atoms with Crippen LogP contribution in [0.25, 0.3) is 0 Å². The monoisotopic (exact) mass is 636 g/mol. The first-order valence-corrected chi connectivity index (χ1v) is 21.2. The smallest absolute Gasteiger partial charge is 0.0107 e. The molecule has 2 N–H and O–H groups in total. The first-order valence-electron chi connectivity index (χ1n) is 21.2. The third-order valence-corrected chi connectivity index (χ3v) is 11.3. The van der Waals surface area contributed by atoms with Gasteiger partial charge in [-0.3, -0.25) is 0 Å². The van der Waals surface area contributed by atoms with E-state index in [-0.39, 0.29) is 0 Å². The zero-order valence-corrected chi connectivity index (χ0v) is 33.0. The molecule has 0 bridgehead atoms. The fourth-order valence-electron chi connectivity index (χ4n) is 7.58. The summed E-state index contributed by atoms with van der Waals surface area (Å²) in [5.74, 6) is 3.31. The summed E-state index contributed by atoms with van der Waals surface area (Å²) in [6.45, 7) is 27.8. The van der Waals surface area contributed by atoms with Crippen molar-refractivity contribution in [2.75, 3.05) is 32.7 Å². The van der Waals surface area contributed by atoms with Crippen LogP contribution in [0, 0.1) is 23.7 Å². The molecule has 3 heteroatoms. The first-order chi connectivity index (χ1) is 22.0. The zero-order chi connectivity index (χ0) is 33.5. The topological polar surface area (TPSA) is 27.3 Å². The van der Waals surface area contributed by atoms with Crippen molar-refractivity contribution in [3.63, 3.8) is 0 Å². The Hall–Kier alpha value is -0.120. The molecule has 0 radical (unpaired) electrons. The van der Waals surface area contributed by atoms with Crippen LogP contribution in [0.2, 0.25) is 0 Å². The van der Waals surface area contributed by atoms with Gasteiger partial charge in [-0.1, -0.05) is 159 Å². The predicted molar refractivity (Wildman–Crippen MR) is 207 cm³/mol. The minimum atomic E-state index is 0.668. The van der Waals surface area contributed by atoms with Crippen molar-refractivity contribution in [2.45, 2.75) is 216 Å². The third-order valence-electron chi connectivity index (χ3n) is 11.3. The van der Waals surface area contributed by atoms with Crippen LogP contribution in [-0.4, -0.2) is 49.7 Å². The minimum Gasteiger partial charge on any atom is -0.313 e. The van der Waals surface area contributed by atoms with Crippen LogP contribution >= 0.6 is 0 Å². The van der Waals surface area contributed by atoms with E-state index in [9.17, 15) is 0 Å². The summed E-state index contributed by atoms with van der Waals surface area (Å²) in [5, 5.41) is 8.41. The number of rotatable bonds is 35. The summed E-state index contributed by atoms with van der Waals surface area (Å²) in [6, 6.07) is 1.34. The average Bonchev–Trinajstić information content (AvgIpc) is 3.06. The molecule has 6 unspecified atom stereocenters. The van der Waals surface area contributed by atoms with Crippen molar-refractivity contribution in [3.05, 3.63) is 0 Å². The second-order valence-electron chi connectivity index (χ2n) is 15.0. The Morgan fingerprint density at radius 2 is 0.778 bits per heavy atom. The molecule has 0 spiro atoms. The van der Waals surface area contributed by atoms with Crippen LogP contribution in [0.5, 0.6) is 0 Å². The summed E-state index contributed by atoms with van der Waals surface area (Å²) >= 11 is 0. The Morgan fingerprint density at radius 3 is 1.13 bits per heavy atom. The van der Waals surface area contributed by atoms with E-state index in [1.165, 1.54) is 174 Å². The molecule has 0 saturated carbocycles. The van der Waals surface area contributed by atoms with E-state index in [1.807, 2.05) is 0 Å². The standard InChI is InChI=1S/C42H89N3/c1-10-19-24-25-32-45(33-30-41(39(17-8)28-22-13-4)43-35-37(15-6)26-20-11-2)34-31-42(40(18-9)29-23-14-5)44-36-38(16-7)27-21-12-3/h37-44H,10-36H2,1-9H3. The fourth-order valence-corrected chi connectivity index (χ4v) is 7.58. The van der Waals surface area contributed by atoms with E-state index < -0.39 is 0 Å². The van der Waals surface area contributed by atoms with E-state index in [0.29, 0.717) is 12.1 Å². The lowest BCUT2D eigenvalue weighted by Gasteiger charge is -2.34. The van der Waals surface area contributed by atoms with E-state index in [4.69, 9.17) is 0 Å². The Morgan fingerprint density at radius 1 is 0.378 bits per heavy atom. The first kappa shape index (κ1) is 44.9. The van der Waals surface area contributed by atoms with Gasteiger partial charge in [0.2, 0.25) is 0 Å². The molecule has 45 heavy (non-hydrogen) atoms. The van der Waals surface area contributed by atoms with Gasteiger partial charge in [-0.25, -0.2) is 0 Å². The molecule has 0 saturated heterocycles. The van der Waals surface area contributed by atoms with Gasteiger partial charge in [0, 0.05) is 12.1 Å². The highest BCUT2D eigenvalue weighted by Crippen LogP contribution is 2.24. The maximum Gasteiger partial charge on any atom is 0.0107 e. The van der Waals surface area contributed by atoms with Gasteiger partial charge in [0.1, 0.15) is 0 Å². The molecule has 3 nitrogen and oxygen atoms in total. The quantitative estimate of drug-likeness (QED) is 0.0678. The third kappa shape index (κ3) is 23.0. The van der Waals surface area contributed by atoms with Gasteiger partial charge in [0.15, 0.2) is 0 Å². The van der Waals surface area contributed by atoms with Crippen LogP contribution < -0.4 is 10.6 Å². The molecule has 0 rings (SSSR count). The van der Waals surface area contributed by atoms with Crippen molar-refractivity contribution in [3.8, 4) is 0 Å². The summed E-state index contributed by atoms with van der Waals surface area (Å²) in [6.07, 6.45) is 29.8. The van der Waals surface area contributed by atoms with Crippen molar-refractivity contribution >= 4 is 0 Å². The Bertz CT molecular complexity index is 536. The van der Waals surface area contributed by atoms with Gasteiger partial charge >= 0.3 is 0 Å². The molecule has 272 valence electrons. The van der Waals surface area contributed by atoms with Crippen molar-refractivity contribution < 1.29 is 0 Å². The van der Waals surface area contributed by atoms with Crippen LogP contribution in [0.15, 0.2) is 0 Å². The van der Waals surface area contributed by atoms with Crippen molar-refractivity contribution in [1.29, 1.82) is 0 Å². The number of unbranched alkanes of at least 4 members (excludes halogenated alkanes) is 7. The van der Waals surface area contributed by atoms with E-state index >= 15 is 0 Å². The van der Waals surface area contributed by atoms with Gasteiger partial charge in [-0.2, -0.15) is 0 Å². The second-order valence-corrected chi connectivity index (χ2v) is 15.0.